The third-order valence-electron chi connectivity index (χ3n) is 6.24. The van der Waals surface area contributed by atoms with Crippen molar-refractivity contribution in [3.63, 3.8) is 0 Å². The highest BCUT2D eigenvalue weighted by Crippen LogP contribution is 2.26. The number of amides is 1. The quantitative estimate of drug-likeness (QED) is 0.387. The summed E-state index contributed by atoms with van der Waals surface area (Å²) in [5.74, 6) is 0.698. The van der Waals surface area contributed by atoms with E-state index in [9.17, 15) is 9.59 Å². The molecule has 8 nitrogen and oxygen atoms in total. The van der Waals surface area contributed by atoms with Gasteiger partial charge in [-0.15, -0.1) is 0 Å². The van der Waals surface area contributed by atoms with Gasteiger partial charge in [-0.1, -0.05) is 24.3 Å². The van der Waals surface area contributed by atoms with Crippen LogP contribution in [0.1, 0.15) is 49.5 Å². The van der Waals surface area contributed by atoms with Crippen LogP contribution < -0.4 is 9.47 Å². The van der Waals surface area contributed by atoms with Gasteiger partial charge in [0.15, 0.2) is 0 Å². The minimum Gasteiger partial charge on any atom is -0.489 e. The summed E-state index contributed by atoms with van der Waals surface area (Å²) in [7, 11) is 0. The topological polar surface area (TPSA) is 98.2 Å². The number of pyridine rings is 1. The molecule has 0 unspecified atom stereocenters. The molecule has 0 saturated carbocycles. The first-order valence-electron chi connectivity index (χ1n) is 12.8. The summed E-state index contributed by atoms with van der Waals surface area (Å²) in [6, 6.07) is 18.2. The molecule has 4 rings (SSSR count). The van der Waals surface area contributed by atoms with Gasteiger partial charge in [-0.3, -0.25) is 0 Å². The van der Waals surface area contributed by atoms with Gasteiger partial charge in [0, 0.05) is 30.9 Å². The summed E-state index contributed by atoms with van der Waals surface area (Å²) >= 11 is 0. The van der Waals surface area contributed by atoms with E-state index in [4.69, 9.17) is 19.3 Å². The number of hydrogen-bond acceptors (Lipinski definition) is 6. The average molecular weight is 519 g/mol. The number of nitrogens with zero attached hydrogens (tertiary/aromatic N) is 2. The largest absolute Gasteiger partial charge is 0.489 e. The molecule has 1 aliphatic heterocycles. The summed E-state index contributed by atoms with van der Waals surface area (Å²) in [6.45, 7) is 7.86. The number of carboxylic acid groups (broad SMARTS) is 1. The number of piperidine rings is 1. The van der Waals surface area contributed by atoms with Crippen molar-refractivity contribution in [2.24, 2.45) is 5.92 Å². The summed E-state index contributed by atoms with van der Waals surface area (Å²) in [5, 5.41) is 9.02. The van der Waals surface area contributed by atoms with Crippen molar-refractivity contribution >= 4 is 12.1 Å². The van der Waals surface area contributed by atoms with Crippen molar-refractivity contribution in [1.29, 1.82) is 0 Å². The molecule has 1 amide bonds. The predicted octanol–water partition coefficient (Wildman–Crippen LogP) is 6.05. The maximum Gasteiger partial charge on any atom is 0.410 e. The van der Waals surface area contributed by atoms with Crippen LogP contribution >= 0.6 is 0 Å². The number of aromatic carboxylic acids is 1. The van der Waals surface area contributed by atoms with E-state index in [0.717, 1.165) is 29.5 Å². The molecule has 0 bridgehead atoms. The van der Waals surface area contributed by atoms with E-state index in [2.05, 4.69) is 4.98 Å². The number of hydrogen-bond donors (Lipinski definition) is 1. The van der Waals surface area contributed by atoms with Crippen LogP contribution in [0, 0.1) is 5.92 Å². The van der Waals surface area contributed by atoms with E-state index in [1.54, 1.807) is 35.4 Å². The highest BCUT2D eigenvalue weighted by Gasteiger charge is 2.27. The molecule has 200 valence electrons. The lowest BCUT2D eigenvalue weighted by Crippen LogP contribution is -2.42. The molecule has 1 aromatic heterocycles. The Balaban J connectivity index is 1.25. The summed E-state index contributed by atoms with van der Waals surface area (Å²) < 4.78 is 17.3. The Bertz CT molecular complexity index is 1230. The lowest BCUT2D eigenvalue weighted by molar-refractivity contribution is 0.0164. The van der Waals surface area contributed by atoms with E-state index in [-0.39, 0.29) is 11.7 Å². The van der Waals surface area contributed by atoms with Crippen LogP contribution in [0.3, 0.4) is 0 Å². The van der Waals surface area contributed by atoms with Gasteiger partial charge in [0.1, 0.15) is 18.0 Å². The number of carboxylic acids is 1. The first-order chi connectivity index (χ1) is 18.2. The van der Waals surface area contributed by atoms with Crippen LogP contribution in [0.25, 0.3) is 11.1 Å². The van der Waals surface area contributed by atoms with Crippen LogP contribution in [0.5, 0.6) is 11.6 Å². The van der Waals surface area contributed by atoms with E-state index >= 15 is 0 Å². The SMILES string of the molecule is CC(C)(C)OC(=O)N1CCC(COc2ccc(-c3cccc(OCc4ccc(C(=O)O)cc4)c3)cn2)CC1. The molecule has 1 N–H and O–H groups in total. The fourth-order valence-electron chi connectivity index (χ4n) is 4.12. The van der Waals surface area contributed by atoms with E-state index in [0.29, 0.717) is 43.9 Å². The number of carbonyl (C=O) groups excluding carboxylic acids is 1. The molecule has 3 aromatic rings. The second-order valence-electron chi connectivity index (χ2n) is 10.4. The van der Waals surface area contributed by atoms with Gasteiger partial charge in [-0.05, 0) is 81.0 Å². The van der Waals surface area contributed by atoms with Crippen LogP contribution in [0.2, 0.25) is 0 Å². The lowest BCUT2D eigenvalue weighted by atomic mass is 9.98. The van der Waals surface area contributed by atoms with Gasteiger partial charge in [0.05, 0.1) is 12.2 Å². The number of carbonyl (C=O) groups is 2. The van der Waals surface area contributed by atoms with Crippen molar-refractivity contribution in [1.82, 2.24) is 9.88 Å². The maximum atomic E-state index is 12.2. The van der Waals surface area contributed by atoms with E-state index in [1.165, 1.54) is 0 Å². The Labute approximate surface area is 223 Å². The number of ether oxygens (including phenoxy) is 3. The zero-order valence-corrected chi connectivity index (χ0v) is 22.1. The Morgan fingerprint density at radius 2 is 1.71 bits per heavy atom. The Morgan fingerprint density at radius 3 is 2.34 bits per heavy atom. The average Bonchev–Trinajstić information content (AvgIpc) is 2.91. The van der Waals surface area contributed by atoms with Gasteiger partial charge in [-0.2, -0.15) is 0 Å². The van der Waals surface area contributed by atoms with Crippen LogP contribution in [-0.2, 0) is 11.3 Å². The van der Waals surface area contributed by atoms with Crippen molar-refractivity contribution in [2.45, 2.75) is 45.8 Å². The van der Waals surface area contributed by atoms with Crippen LogP contribution in [0.4, 0.5) is 4.79 Å². The molecule has 1 fully saturated rings. The normalized spacial score (nSPS) is 14.1. The van der Waals surface area contributed by atoms with Crippen LogP contribution in [-0.4, -0.2) is 52.4 Å². The summed E-state index contributed by atoms with van der Waals surface area (Å²) in [6.07, 6.45) is 3.27. The molecular formula is C30H34N2O6. The molecule has 2 aromatic carbocycles. The summed E-state index contributed by atoms with van der Waals surface area (Å²) in [4.78, 5) is 29.5. The Hall–Kier alpha value is -4.07. The highest BCUT2D eigenvalue weighted by atomic mass is 16.6. The fourth-order valence-corrected chi connectivity index (χ4v) is 4.12. The zero-order chi connectivity index (χ0) is 27.1. The molecule has 0 atom stereocenters. The van der Waals surface area contributed by atoms with Crippen molar-refractivity contribution in [2.75, 3.05) is 19.7 Å². The van der Waals surface area contributed by atoms with E-state index < -0.39 is 11.6 Å². The van der Waals surface area contributed by atoms with Gasteiger partial charge in [-0.25, -0.2) is 14.6 Å². The summed E-state index contributed by atoms with van der Waals surface area (Å²) in [5.41, 5.74) is 2.57. The third-order valence-corrected chi connectivity index (χ3v) is 6.24. The molecular weight excluding hydrogens is 484 g/mol. The molecule has 1 aliphatic rings. The fraction of sp³-hybridized carbons (Fsp3) is 0.367. The number of benzene rings is 2. The van der Waals surface area contributed by atoms with Gasteiger partial charge < -0.3 is 24.2 Å². The lowest BCUT2D eigenvalue weighted by Gasteiger charge is -2.33. The maximum absolute atomic E-state index is 12.2. The molecule has 8 heteroatoms. The smallest absolute Gasteiger partial charge is 0.410 e. The minimum atomic E-state index is -0.948. The van der Waals surface area contributed by atoms with Gasteiger partial charge in [0.25, 0.3) is 0 Å². The zero-order valence-electron chi connectivity index (χ0n) is 22.1. The molecule has 2 heterocycles. The Kier molecular flexibility index (Phi) is 8.51. The molecule has 0 aliphatic carbocycles. The second kappa shape index (κ2) is 12.0. The molecule has 0 radical (unpaired) electrons. The van der Waals surface area contributed by atoms with Gasteiger partial charge in [0.2, 0.25) is 5.88 Å². The van der Waals surface area contributed by atoms with Crippen molar-refractivity contribution < 1.29 is 28.9 Å². The minimum absolute atomic E-state index is 0.249. The van der Waals surface area contributed by atoms with Crippen molar-refractivity contribution in [3.05, 3.63) is 78.0 Å². The second-order valence-corrected chi connectivity index (χ2v) is 10.4. The molecule has 0 spiro atoms. The highest BCUT2D eigenvalue weighted by molar-refractivity contribution is 5.87. The first-order valence-corrected chi connectivity index (χ1v) is 12.8. The predicted molar refractivity (Wildman–Crippen MR) is 143 cm³/mol. The molecule has 1 saturated heterocycles. The first kappa shape index (κ1) is 27.0. The monoisotopic (exact) mass is 518 g/mol. The number of likely N-dealkylation sites (tertiary alicyclic amines) is 1. The van der Waals surface area contributed by atoms with Gasteiger partial charge >= 0.3 is 12.1 Å². The van der Waals surface area contributed by atoms with E-state index in [1.807, 2.05) is 57.2 Å². The number of aromatic nitrogens is 1. The third kappa shape index (κ3) is 7.71. The molecule has 38 heavy (non-hydrogen) atoms. The van der Waals surface area contributed by atoms with Crippen LogP contribution in [0.15, 0.2) is 66.9 Å². The van der Waals surface area contributed by atoms with Crippen molar-refractivity contribution in [3.8, 4) is 22.8 Å². The Morgan fingerprint density at radius 1 is 0.974 bits per heavy atom. The standard InChI is InChI=1S/C30H34N2O6/c1-30(2,3)38-29(35)32-15-13-22(14-16-32)20-37-27-12-11-25(18-31-27)24-5-4-6-26(17-24)36-19-21-7-9-23(10-8-21)28(33)34/h4-12,17-18,22H,13-16,19-20H2,1-3H3,(H,33,34). The number of rotatable bonds is 8.